The Bertz CT molecular complexity index is 560. The van der Waals surface area contributed by atoms with Crippen molar-refractivity contribution in [3.63, 3.8) is 0 Å². The van der Waals surface area contributed by atoms with Gasteiger partial charge in [0.25, 0.3) is 0 Å². The summed E-state index contributed by atoms with van der Waals surface area (Å²) >= 11 is 0. The standard InChI is InChI=1S/C16H14O3P/c1-3-13-5-9-15(10-6-13)18-20(17)19-16-11-7-14(4-2)8-12-16/h3-12H,1-2H2/q+1. The molecule has 0 aliphatic carbocycles. The average molecular weight is 285 g/mol. The first-order valence-electron chi connectivity index (χ1n) is 5.99. The summed E-state index contributed by atoms with van der Waals surface area (Å²) in [6, 6.07) is 14.2. The van der Waals surface area contributed by atoms with Crippen molar-refractivity contribution < 1.29 is 13.6 Å². The van der Waals surface area contributed by atoms with E-state index < -0.39 is 8.25 Å². The SMILES string of the molecule is C=Cc1ccc(O[P+](=O)Oc2ccc(C=C)cc2)cc1. The van der Waals surface area contributed by atoms with E-state index in [-0.39, 0.29) is 0 Å². The molecule has 2 aromatic carbocycles. The van der Waals surface area contributed by atoms with E-state index in [0.29, 0.717) is 11.5 Å². The summed E-state index contributed by atoms with van der Waals surface area (Å²) in [6.45, 7) is 7.32. The lowest BCUT2D eigenvalue weighted by molar-refractivity contribution is 0.415. The number of benzene rings is 2. The van der Waals surface area contributed by atoms with Crippen molar-refractivity contribution in [2.24, 2.45) is 0 Å². The molecular weight excluding hydrogens is 271 g/mol. The van der Waals surface area contributed by atoms with E-state index in [1.54, 1.807) is 36.4 Å². The molecule has 2 aromatic rings. The van der Waals surface area contributed by atoms with E-state index in [1.807, 2.05) is 24.3 Å². The molecule has 100 valence electrons. The molecule has 0 N–H and O–H groups in total. The van der Waals surface area contributed by atoms with E-state index in [1.165, 1.54) is 0 Å². The Morgan fingerprint density at radius 1 is 0.750 bits per heavy atom. The molecule has 0 unspecified atom stereocenters. The molecule has 0 fully saturated rings. The van der Waals surface area contributed by atoms with Crippen LogP contribution < -0.4 is 9.05 Å². The fraction of sp³-hybridized carbons (Fsp3) is 0. The highest BCUT2D eigenvalue weighted by atomic mass is 31.1. The van der Waals surface area contributed by atoms with Gasteiger partial charge in [-0.2, -0.15) is 0 Å². The molecule has 0 aliphatic heterocycles. The van der Waals surface area contributed by atoms with E-state index in [2.05, 4.69) is 13.2 Å². The molecule has 0 saturated heterocycles. The minimum atomic E-state index is -2.26. The third-order valence-electron chi connectivity index (χ3n) is 2.59. The normalized spacial score (nSPS) is 9.60. The van der Waals surface area contributed by atoms with Gasteiger partial charge in [-0.1, -0.05) is 49.6 Å². The van der Waals surface area contributed by atoms with Crippen LogP contribution in [0.25, 0.3) is 12.2 Å². The quantitative estimate of drug-likeness (QED) is 0.694. The molecule has 0 radical (unpaired) electrons. The van der Waals surface area contributed by atoms with Gasteiger partial charge in [0.1, 0.15) is 0 Å². The number of hydrogen-bond donors (Lipinski definition) is 0. The number of hydrogen-bond acceptors (Lipinski definition) is 3. The van der Waals surface area contributed by atoms with Gasteiger partial charge in [0.15, 0.2) is 11.5 Å². The van der Waals surface area contributed by atoms with Crippen LogP contribution in [0.5, 0.6) is 11.5 Å². The highest BCUT2D eigenvalue weighted by Crippen LogP contribution is 2.30. The zero-order chi connectivity index (χ0) is 14.4. The van der Waals surface area contributed by atoms with Gasteiger partial charge in [-0.25, -0.2) is 9.05 Å². The molecule has 0 heterocycles. The zero-order valence-corrected chi connectivity index (χ0v) is 11.8. The van der Waals surface area contributed by atoms with Crippen LogP contribution in [0, 0.1) is 0 Å². The molecule has 2 rings (SSSR count). The van der Waals surface area contributed by atoms with Gasteiger partial charge in [-0.15, -0.1) is 0 Å². The second-order valence-electron chi connectivity index (χ2n) is 3.95. The Labute approximate surface area is 119 Å². The van der Waals surface area contributed by atoms with Gasteiger partial charge < -0.3 is 0 Å². The molecule has 3 nitrogen and oxygen atoms in total. The van der Waals surface area contributed by atoms with E-state index in [4.69, 9.17) is 9.05 Å². The van der Waals surface area contributed by atoms with Crippen LogP contribution >= 0.6 is 8.25 Å². The Morgan fingerprint density at radius 3 is 1.40 bits per heavy atom. The van der Waals surface area contributed by atoms with Crippen molar-refractivity contribution in [2.45, 2.75) is 0 Å². The minimum Gasteiger partial charge on any atom is -0.222 e. The van der Waals surface area contributed by atoms with Gasteiger partial charge in [0, 0.05) is 4.57 Å². The van der Waals surface area contributed by atoms with Crippen molar-refractivity contribution in [3.05, 3.63) is 72.8 Å². The van der Waals surface area contributed by atoms with Crippen molar-refractivity contribution in [2.75, 3.05) is 0 Å². The summed E-state index contributed by atoms with van der Waals surface area (Å²) in [5.74, 6) is 0.971. The minimum absolute atomic E-state index is 0.486. The molecule has 0 aromatic heterocycles. The fourth-order valence-corrected chi connectivity index (χ4v) is 2.15. The van der Waals surface area contributed by atoms with Crippen LogP contribution in [0.4, 0.5) is 0 Å². The Hall–Kier alpha value is -2.38. The van der Waals surface area contributed by atoms with E-state index in [0.717, 1.165) is 11.1 Å². The molecule has 20 heavy (non-hydrogen) atoms. The largest absolute Gasteiger partial charge is 0.805 e. The van der Waals surface area contributed by atoms with Gasteiger partial charge in [-0.05, 0) is 35.4 Å². The van der Waals surface area contributed by atoms with Crippen LogP contribution in [0.3, 0.4) is 0 Å². The summed E-state index contributed by atoms with van der Waals surface area (Å²) in [5.41, 5.74) is 1.93. The summed E-state index contributed by atoms with van der Waals surface area (Å²) in [5, 5.41) is 0. The Morgan fingerprint density at radius 2 is 1.10 bits per heavy atom. The second kappa shape index (κ2) is 6.69. The summed E-state index contributed by atoms with van der Waals surface area (Å²) < 4.78 is 22.2. The molecule has 0 spiro atoms. The van der Waals surface area contributed by atoms with Gasteiger partial charge >= 0.3 is 8.25 Å². The first-order chi connectivity index (χ1) is 9.71. The fourth-order valence-electron chi connectivity index (χ4n) is 1.52. The maximum Gasteiger partial charge on any atom is 0.805 e. The molecule has 0 amide bonds. The summed E-state index contributed by atoms with van der Waals surface area (Å²) in [7, 11) is -2.26. The predicted octanol–water partition coefficient (Wildman–Crippen LogP) is 5.09. The first-order valence-corrected chi connectivity index (χ1v) is 7.09. The molecular formula is C16H14O3P+. The van der Waals surface area contributed by atoms with E-state index in [9.17, 15) is 4.57 Å². The summed E-state index contributed by atoms with van der Waals surface area (Å²) in [4.78, 5) is 0. The van der Waals surface area contributed by atoms with Crippen LogP contribution in [0.2, 0.25) is 0 Å². The molecule has 0 aliphatic rings. The lowest BCUT2D eigenvalue weighted by Gasteiger charge is -1.96. The summed E-state index contributed by atoms with van der Waals surface area (Å²) in [6.07, 6.45) is 3.45. The third kappa shape index (κ3) is 3.81. The third-order valence-corrected chi connectivity index (χ3v) is 3.31. The Kier molecular flexibility index (Phi) is 4.70. The van der Waals surface area contributed by atoms with Crippen LogP contribution in [-0.2, 0) is 4.57 Å². The zero-order valence-electron chi connectivity index (χ0n) is 10.9. The topological polar surface area (TPSA) is 35.5 Å². The smallest absolute Gasteiger partial charge is 0.222 e. The number of rotatable bonds is 6. The lowest BCUT2D eigenvalue weighted by Crippen LogP contribution is -1.89. The average Bonchev–Trinajstić information content (AvgIpc) is 2.49. The molecule has 0 saturated carbocycles. The van der Waals surface area contributed by atoms with Gasteiger partial charge in [0.2, 0.25) is 0 Å². The van der Waals surface area contributed by atoms with Crippen LogP contribution in [0.15, 0.2) is 61.7 Å². The van der Waals surface area contributed by atoms with Gasteiger partial charge in [-0.3, -0.25) is 0 Å². The van der Waals surface area contributed by atoms with Gasteiger partial charge in [0.05, 0.1) is 0 Å². The molecule has 0 atom stereocenters. The Balaban J connectivity index is 1.96. The van der Waals surface area contributed by atoms with Crippen LogP contribution in [0.1, 0.15) is 11.1 Å². The van der Waals surface area contributed by atoms with E-state index >= 15 is 0 Å². The monoisotopic (exact) mass is 285 g/mol. The lowest BCUT2D eigenvalue weighted by atomic mass is 10.2. The maximum absolute atomic E-state index is 11.8. The first kappa shape index (κ1) is 14.0. The van der Waals surface area contributed by atoms with Crippen molar-refractivity contribution in [1.82, 2.24) is 0 Å². The highest BCUT2D eigenvalue weighted by Gasteiger charge is 2.23. The molecule has 4 heteroatoms. The second-order valence-corrected chi connectivity index (χ2v) is 4.76. The molecule has 0 bridgehead atoms. The predicted molar refractivity (Wildman–Crippen MR) is 81.9 cm³/mol. The maximum atomic E-state index is 11.8. The van der Waals surface area contributed by atoms with Crippen LogP contribution in [-0.4, -0.2) is 0 Å². The van der Waals surface area contributed by atoms with Crippen molar-refractivity contribution >= 4 is 20.4 Å². The van der Waals surface area contributed by atoms with Crippen molar-refractivity contribution in [3.8, 4) is 11.5 Å². The van der Waals surface area contributed by atoms with Crippen molar-refractivity contribution in [1.29, 1.82) is 0 Å². The highest BCUT2D eigenvalue weighted by molar-refractivity contribution is 7.34.